The summed E-state index contributed by atoms with van der Waals surface area (Å²) in [7, 11) is 1.27. The van der Waals surface area contributed by atoms with Gasteiger partial charge in [0.05, 0.1) is 13.2 Å². The standard InChI is InChI=1S/C11H12O3/c1-8-5-3-4-6-9(8)10(12)7-11(13)14-2/h3-7,12H,1-2H3. The van der Waals surface area contributed by atoms with Crippen molar-refractivity contribution in [1.29, 1.82) is 0 Å². The number of carbonyl (C=O) groups excluding carboxylic acids is 1. The second-order valence-electron chi connectivity index (χ2n) is 2.87. The van der Waals surface area contributed by atoms with E-state index in [1.54, 1.807) is 12.1 Å². The molecule has 74 valence electrons. The average molecular weight is 192 g/mol. The smallest absolute Gasteiger partial charge is 0.334 e. The van der Waals surface area contributed by atoms with Crippen LogP contribution in [0.25, 0.3) is 5.76 Å². The molecule has 0 bridgehead atoms. The van der Waals surface area contributed by atoms with Gasteiger partial charge in [-0.05, 0) is 12.5 Å². The Bertz CT molecular complexity index is 367. The third-order valence-electron chi connectivity index (χ3n) is 1.88. The molecule has 0 aliphatic rings. The van der Waals surface area contributed by atoms with Crippen molar-refractivity contribution in [3.05, 3.63) is 41.5 Å². The normalized spacial score (nSPS) is 11.1. The van der Waals surface area contributed by atoms with E-state index in [1.165, 1.54) is 7.11 Å². The molecule has 0 aromatic heterocycles. The lowest BCUT2D eigenvalue weighted by Gasteiger charge is -2.03. The van der Waals surface area contributed by atoms with Crippen LogP contribution in [0.4, 0.5) is 0 Å². The Morgan fingerprint density at radius 1 is 1.43 bits per heavy atom. The summed E-state index contributed by atoms with van der Waals surface area (Å²) in [6, 6.07) is 7.26. The number of rotatable bonds is 2. The quantitative estimate of drug-likeness (QED) is 0.443. The first-order chi connectivity index (χ1) is 6.65. The minimum atomic E-state index is -0.564. The minimum absolute atomic E-state index is 0.0741. The molecule has 0 fully saturated rings. The number of hydrogen-bond acceptors (Lipinski definition) is 3. The summed E-state index contributed by atoms with van der Waals surface area (Å²) in [5, 5.41) is 9.56. The van der Waals surface area contributed by atoms with E-state index < -0.39 is 5.97 Å². The van der Waals surface area contributed by atoms with Crippen molar-refractivity contribution < 1.29 is 14.6 Å². The number of aliphatic hydroxyl groups excluding tert-OH is 1. The molecular formula is C11H12O3. The van der Waals surface area contributed by atoms with Crippen LogP contribution in [-0.2, 0) is 9.53 Å². The van der Waals surface area contributed by atoms with Gasteiger partial charge >= 0.3 is 5.97 Å². The van der Waals surface area contributed by atoms with E-state index >= 15 is 0 Å². The molecule has 3 heteroatoms. The first kappa shape index (κ1) is 10.3. The third kappa shape index (κ3) is 2.36. The Hall–Kier alpha value is -1.77. The predicted octanol–water partition coefficient (Wildman–Crippen LogP) is 2.07. The van der Waals surface area contributed by atoms with E-state index in [4.69, 9.17) is 0 Å². The summed E-state index contributed by atoms with van der Waals surface area (Å²) in [5.41, 5.74) is 1.54. The molecule has 1 rings (SSSR count). The lowest BCUT2D eigenvalue weighted by atomic mass is 10.1. The van der Waals surface area contributed by atoms with Gasteiger partial charge in [0.2, 0.25) is 0 Å². The van der Waals surface area contributed by atoms with Crippen LogP contribution in [0.15, 0.2) is 30.3 Å². The van der Waals surface area contributed by atoms with Crippen LogP contribution in [0.2, 0.25) is 0 Å². The minimum Gasteiger partial charge on any atom is -0.507 e. The summed E-state index contributed by atoms with van der Waals surface area (Å²) in [5.74, 6) is -0.638. The molecule has 0 saturated heterocycles. The number of esters is 1. The summed E-state index contributed by atoms with van der Waals surface area (Å²) >= 11 is 0. The molecule has 0 radical (unpaired) electrons. The fourth-order valence-corrected chi connectivity index (χ4v) is 1.11. The van der Waals surface area contributed by atoms with Crippen LogP contribution in [0.5, 0.6) is 0 Å². The monoisotopic (exact) mass is 192 g/mol. The highest BCUT2D eigenvalue weighted by Gasteiger charge is 2.04. The maximum Gasteiger partial charge on any atom is 0.334 e. The molecule has 1 aromatic rings. The average Bonchev–Trinajstić information content (AvgIpc) is 2.18. The molecule has 0 spiro atoms. The number of aryl methyl sites for hydroxylation is 1. The van der Waals surface area contributed by atoms with Gasteiger partial charge in [0.25, 0.3) is 0 Å². The number of carbonyl (C=O) groups is 1. The van der Waals surface area contributed by atoms with E-state index in [0.29, 0.717) is 5.56 Å². The van der Waals surface area contributed by atoms with Gasteiger partial charge in [-0.3, -0.25) is 0 Å². The zero-order chi connectivity index (χ0) is 10.6. The van der Waals surface area contributed by atoms with Crippen molar-refractivity contribution in [1.82, 2.24) is 0 Å². The molecule has 0 atom stereocenters. The second kappa shape index (κ2) is 4.46. The first-order valence-corrected chi connectivity index (χ1v) is 4.19. The molecule has 0 saturated carbocycles. The van der Waals surface area contributed by atoms with Crippen LogP contribution in [0.1, 0.15) is 11.1 Å². The van der Waals surface area contributed by atoms with Crippen molar-refractivity contribution >= 4 is 11.7 Å². The van der Waals surface area contributed by atoms with Gasteiger partial charge in [-0.2, -0.15) is 0 Å². The largest absolute Gasteiger partial charge is 0.507 e. The summed E-state index contributed by atoms with van der Waals surface area (Å²) < 4.78 is 4.41. The van der Waals surface area contributed by atoms with E-state index in [0.717, 1.165) is 11.6 Å². The second-order valence-corrected chi connectivity index (χ2v) is 2.87. The molecule has 0 aliphatic heterocycles. The third-order valence-corrected chi connectivity index (χ3v) is 1.88. The highest BCUT2D eigenvalue weighted by atomic mass is 16.5. The lowest BCUT2D eigenvalue weighted by molar-refractivity contribution is -0.134. The molecule has 3 nitrogen and oxygen atoms in total. The van der Waals surface area contributed by atoms with Crippen molar-refractivity contribution in [3.8, 4) is 0 Å². The topological polar surface area (TPSA) is 46.5 Å². The van der Waals surface area contributed by atoms with Gasteiger partial charge in [-0.25, -0.2) is 4.79 Å². The van der Waals surface area contributed by atoms with Crippen molar-refractivity contribution in [3.63, 3.8) is 0 Å². The van der Waals surface area contributed by atoms with Crippen molar-refractivity contribution in [2.75, 3.05) is 7.11 Å². The molecule has 1 aromatic carbocycles. The summed E-state index contributed by atoms with van der Waals surface area (Å²) in [6.07, 6.45) is 1.06. The van der Waals surface area contributed by atoms with E-state index in [9.17, 15) is 9.90 Å². The fraction of sp³-hybridized carbons (Fsp3) is 0.182. The molecular weight excluding hydrogens is 180 g/mol. The number of aliphatic hydroxyl groups is 1. The SMILES string of the molecule is COC(=O)C=C(O)c1ccccc1C. The molecule has 0 aliphatic carbocycles. The van der Waals surface area contributed by atoms with Gasteiger partial charge in [0.15, 0.2) is 0 Å². The molecule has 0 heterocycles. The van der Waals surface area contributed by atoms with Crippen LogP contribution in [-0.4, -0.2) is 18.2 Å². The van der Waals surface area contributed by atoms with Gasteiger partial charge in [-0.1, -0.05) is 24.3 Å². The maximum atomic E-state index is 10.8. The Kier molecular flexibility index (Phi) is 3.29. The van der Waals surface area contributed by atoms with Gasteiger partial charge < -0.3 is 9.84 Å². The van der Waals surface area contributed by atoms with E-state index in [-0.39, 0.29) is 5.76 Å². The zero-order valence-corrected chi connectivity index (χ0v) is 8.15. The van der Waals surface area contributed by atoms with Crippen LogP contribution < -0.4 is 0 Å². The molecule has 0 unspecified atom stereocenters. The summed E-state index contributed by atoms with van der Waals surface area (Å²) in [4.78, 5) is 10.8. The van der Waals surface area contributed by atoms with Crippen LogP contribution in [0, 0.1) is 6.92 Å². The number of hydrogen-bond donors (Lipinski definition) is 1. The highest BCUT2D eigenvalue weighted by Crippen LogP contribution is 2.15. The van der Waals surface area contributed by atoms with Gasteiger partial charge in [0.1, 0.15) is 5.76 Å². The molecule has 0 amide bonds. The fourth-order valence-electron chi connectivity index (χ4n) is 1.11. The zero-order valence-electron chi connectivity index (χ0n) is 8.15. The van der Waals surface area contributed by atoms with Crippen LogP contribution in [0.3, 0.4) is 0 Å². The Labute approximate surface area is 82.6 Å². The number of methoxy groups -OCH3 is 1. The lowest BCUT2D eigenvalue weighted by Crippen LogP contribution is -1.97. The predicted molar refractivity (Wildman–Crippen MR) is 53.8 cm³/mol. The number of benzene rings is 1. The van der Waals surface area contributed by atoms with Gasteiger partial charge in [0, 0.05) is 5.56 Å². The first-order valence-electron chi connectivity index (χ1n) is 4.19. The van der Waals surface area contributed by atoms with E-state index in [1.807, 2.05) is 19.1 Å². The van der Waals surface area contributed by atoms with Crippen molar-refractivity contribution in [2.24, 2.45) is 0 Å². The molecule has 1 N–H and O–H groups in total. The van der Waals surface area contributed by atoms with Crippen molar-refractivity contribution in [2.45, 2.75) is 6.92 Å². The van der Waals surface area contributed by atoms with Crippen LogP contribution >= 0.6 is 0 Å². The maximum absolute atomic E-state index is 10.8. The Morgan fingerprint density at radius 3 is 2.64 bits per heavy atom. The number of ether oxygens (including phenoxy) is 1. The Morgan fingerprint density at radius 2 is 2.07 bits per heavy atom. The van der Waals surface area contributed by atoms with Gasteiger partial charge in [-0.15, -0.1) is 0 Å². The van der Waals surface area contributed by atoms with E-state index in [2.05, 4.69) is 4.74 Å². The summed E-state index contributed by atoms with van der Waals surface area (Å²) in [6.45, 7) is 1.86. The Balaban J connectivity index is 3.00. The highest BCUT2D eigenvalue weighted by molar-refractivity contribution is 5.89. The molecule has 14 heavy (non-hydrogen) atoms.